The predicted molar refractivity (Wildman–Crippen MR) is 76.9 cm³/mol. The number of carbonyl (C=O) groups is 2. The van der Waals surface area contributed by atoms with E-state index in [0.717, 1.165) is 0 Å². The molecule has 0 unspecified atom stereocenters. The molecule has 0 saturated heterocycles. The van der Waals surface area contributed by atoms with Crippen LogP contribution >= 0.6 is 11.6 Å². The number of rotatable bonds is 4. The van der Waals surface area contributed by atoms with Crippen molar-refractivity contribution < 1.29 is 23.5 Å². The zero-order chi connectivity index (χ0) is 16.3. The summed E-state index contributed by atoms with van der Waals surface area (Å²) in [7, 11) is 0. The van der Waals surface area contributed by atoms with Crippen LogP contribution in [0.1, 0.15) is 37.3 Å². The molecule has 2 N–H and O–H groups in total. The van der Waals surface area contributed by atoms with E-state index in [1.54, 1.807) is 0 Å². The molecule has 2 rings (SSSR count). The fourth-order valence-electron chi connectivity index (χ4n) is 2.51. The van der Waals surface area contributed by atoms with Gasteiger partial charge in [0, 0.05) is 23.8 Å². The number of aliphatic carboxylic acids is 1. The highest BCUT2D eigenvalue weighted by molar-refractivity contribution is 6.30. The normalized spacial score (nSPS) is 19.4. The second-order valence-corrected chi connectivity index (χ2v) is 5.90. The minimum atomic E-state index is -2.72. The molecular formula is C15H16ClF2NO3. The molecule has 22 heavy (non-hydrogen) atoms. The summed E-state index contributed by atoms with van der Waals surface area (Å²) in [5, 5.41) is 12.1. The summed E-state index contributed by atoms with van der Waals surface area (Å²) in [6.45, 7) is 0. The van der Waals surface area contributed by atoms with Crippen molar-refractivity contribution >= 4 is 23.5 Å². The zero-order valence-electron chi connectivity index (χ0n) is 11.7. The molecule has 1 aliphatic carbocycles. The van der Waals surface area contributed by atoms with Crippen molar-refractivity contribution in [2.24, 2.45) is 5.92 Å². The first-order valence-electron chi connectivity index (χ1n) is 6.95. The minimum absolute atomic E-state index is 0.0613. The number of carbonyl (C=O) groups excluding carboxylic acids is 1. The van der Waals surface area contributed by atoms with Crippen LogP contribution in [0, 0.1) is 5.92 Å². The van der Waals surface area contributed by atoms with Crippen molar-refractivity contribution in [2.45, 2.75) is 37.6 Å². The Bertz CT molecular complexity index is 552. The molecule has 0 bridgehead atoms. The summed E-state index contributed by atoms with van der Waals surface area (Å²) < 4.78 is 26.2. The highest BCUT2D eigenvalue weighted by Crippen LogP contribution is 2.36. The molecule has 1 aromatic carbocycles. The first kappa shape index (κ1) is 16.7. The predicted octanol–water partition coefficient (Wildman–Crippen LogP) is 3.41. The van der Waals surface area contributed by atoms with Crippen molar-refractivity contribution in [3.05, 3.63) is 34.9 Å². The minimum Gasteiger partial charge on any atom is -0.479 e. The third-order valence-corrected chi connectivity index (χ3v) is 4.08. The maximum Gasteiger partial charge on any atom is 0.330 e. The van der Waals surface area contributed by atoms with Crippen LogP contribution in [-0.2, 0) is 9.59 Å². The average Bonchev–Trinajstić information content (AvgIpc) is 2.45. The second-order valence-electron chi connectivity index (χ2n) is 5.46. The molecule has 0 radical (unpaired) electrons. The van der Waals surface area contributed by atoms with E-state index in [2.05, 4.69) is 5.32 Å². The standard InChI is InChI=1S/C15H16ClF2NO3/c16-11-3-1-9(2-4-11)12(14(21)22)19-13(20)10-5-7-15(17,18)8-6-10/h1-4,10,12H,5-8H2,(H,19,20)(H,21,22)/t12-/m1/s1. The number of carboxylic acids is 1. The second kappa shape index (κ2) is 6.60. The number of hydrogen-bond donors (Lipinski definition) is 2. The van der Waals surface area contributed by atoms with Crippen LogP contribution in [0.15, 0.2) is 24.3 Å². The fourth-order valence-corrected chi connectivity index (χ4v) is 2.63. The molecule has 0 aliphatic heterocycles. The highest BCUT2D eigenvalue weighted by atomic mass is 35.5. The van der Waals surface area contributed by atoms with Crippen LogP contribution in [0.25, 0.3) is 0 Å². The Morgan fingerprint density at radius 2 is 1.77 bits per heavy atom. The number of halogens is 3. The lowest BCUT2D eigenvalue weighted by Crippen LogP contribution is -2.40. The summed E-state index contributed by atoms with van der Waals surface area (Å²) in [5.74, 6) is -5.01. The Kier molecular flexibility index (Phi) is 5.01. The molecule has 1 atom stereocenters. The van der Waals surface area contributed by atoms with Gasteiger partial charge in [-0.2, -0.15) is 0 Å². The smallest absolute Gasteiger partial charge is 0.330 e. The van der Waals surface area contributed by atoms with Crippen molar-refractivity contribution in [1.29, 1.82) is 0 Å². The Morgan fingerprint density at radius 3 is 2.27 bits per heavy atom. The molecule has 0 spiro atoms. The Hall–Kier alpha value is -1.69. The molecule has 1 aliphatic rings. The van der Waals surface area contributed by atoms with E-state index in [0.29, 0.717) is 10.6 Å². The largest absolute Gasteiger partial charge is 0.479 e. The summed E-state index contributed by atoms with van der Waals surface area (Å²) in [5.41, 5.74) is 0.381. The lowest BCUT2D eigenvalue weighted by atomic mass is 9.86. The van der Waals surface area contributed by atoms with Gasteiger partial charge in [-0.05, 0) is 30.5 Å². The van der Waals surface area contributed by atoms with E-state index >= 15 is 0 Å². The Balaban J connectivity index is 2.04. The fraction of sp³-hybridized carbons (Fsp3) is 0.467. The van der Waals surface area contributed by atoms with Crippen molar-refractivity contribution in [2.75, 3.05) is 0 Å². The van der Waals surface area contributed by atoms with Crippen molar-refractivity contribution in [3.63, 3.8) is 0 Å². The van der Waals surface area contributed by atoms with Gasteiger partial charge in [-0.25, -0.2) is 13.6 Å². The van der Waals surface area contributed by atoms with Crippen LogP contribution < -0.4 is 5.32 Å². The summed E-state index contributed by atoms with van der Waals surface area (Å²) >= 11 is 5.74. The van der Waals surface area contributed by atoms with Crippen molar-refractivity contribution in [1.82, 2.24) is 5.32 Å². The summed E-state index contributed by atoms with van der Waals surface area (Å²) in [6.07, 6.45) is -0.564. The SMILES string of the molecule is O=C(N[C@@H](C(=O)O)c1ccc(Cl)cc1)C1CCC(F)(F)CC1. The number of benzene rings is 1. The molecule has 4 nitrogen and oxygen atoms in total. The number of nitrogens with one attached hydrogen (secondary N) is 1. The first-order valence-corrected chi connectivity index (χ1v) is 7.33. The van der Waals surface area contributed by atoms with Gasteiger partial charge in [0.05, 0.1) is 0 Å². The molecule has 0 aromatic heterocycles. The average molecular weight is 332 g/mol. The number of hydrogen-bond acceptors (Lipinski definition) is 2. The van der Waals surface area contributed by atoms with Crippen LogP contribution in [0.3, 0.4) is 0 Å². The van der Waals surface area contributed by atoms with Gasteiger partial charge < -0.3 is 10.4 Å². The summed E-state index contributed by atoms with van der Waals surface area (Å²) in [4.78, 5) is 23.5. The van der Waals surface area contributed by atoms with Gasteiger partial charge >= 0.3 is 5.97 Å². The van der Waals surface area contributed by atoms with Crippen LogP contribution in [0.5, 0.6) is 0 Å². The zero-order valence-corrected chi connectivity index (χ0v) is 12.4. The lowest BCUT2D eigenvalue weighted by molar-refractivity contribution is -0.143. The van der Waals surface area contributed by atoms with E-state index in [-0.39, 0.29) is 25.7 Å². The van der Waals surface area contributed by atoms with Gasteiger partial charge in [0.15, 0.2) is 6.04 Å². The molecular weight excluding hydrogens is 316 g/mol. The van der Waals surface area contributed by atoms with E-state index in [9.17, 15) is 23.5 Å². The van der Waals surface area contributed by atoms with E-state index < -0.39 is 29.8 Å². The monoisotopic (exact) mass is 331 g/mol. The third-order valence-electron chi connectivity index (χ3n) is 3.82. The van der Waals surface area contributed by atoms with Crippen LogP contribution in [0.4, 0.5) is 8.78 Å². The van der Waals surface area contributed by atoms with Crippen LogP contribution in [0.2, 0.25) is 5.02 Å². The topological polar surface area (TPSA) is 66.4 Å². The number of carboxylic acid groups (broad SMARTS) is 1. The van der Waals surface area contributed by atoms with Gasteiger partial charge in [0.25, 0.3) is 0 Å². The van der Waals surface area contributed by atoms with Gasteiger partial charge in [0.2, 0.25) is 11.8 Å². The maximum absolute atomic E-state index is 13.1. The molecule has 1 aromatic rings. The van der Waals surface area contributed by atoms with Gasteiger partial charge in [-0.1, -0.05) is 23.7 Å². The number of amides is 1. The molecule has 120 valence electrons. The Labute approximate surface area is 131 Å². The first-order chi connectivity index (χ1) is 10.3. The van der Waals surface area contributed by atoms with E-state index in [1.165, 1.54) is 24.3 Å². The number of alkyl halides is 2. The Morgan fingerprint density at radius 1 is 1.23 bits per heavy atom. The molecule has 1 fully saturated rings. The molecule has 1 amide bonds. The quantitative estimate of drug-likeness (QED) is 0.888. The van der Waals surface area contributed by atoms with E-state index in [1.807, 2.05) is 0 Å². The summed E-state index contributed by atoms with van der Waals surface area (Å²) in [6, 6.07) is 4.86. The third kappa shape index (κ3) is 4.16. The van der Waals surface area contributed by atoms with Crippen LogP contribution in [-0.4, -0.2) is 22.9 Å². The van der Waals surface area contributed by atoms with Gasteiger partial charge in [-0.3, -0.25) is 4.79 Å². The lowest BCUT2D eigenvalue weighted by Gasteiger charge is -2.28. The highest BCUT2D eigenvalue weighted by Gasteiger charge is 2.38. The molecule has 1 saturated carbocycles. The molecule has 0 heterocycles. The van der Waals surface area contributed by atoms with Gasteiger partial charge in [-0.15, -0.1) is 0 Å². The maximum atomic E-state index is 13.1. The van der Waals surface area contributed by atoms with E-state index in [4.69, 9.17) is 11.6 Å². The van der Waals surface area contributed by atoms with Gasteiger partial charge in [0.1, 0.15) is 0 Å². The van der Waals surface area contributed by atoms with Crippen molar-refractivity contribution in [3.8, 4) is 0 Å². The molecule has 7 heteroatoms.